The Hall–Kier alpha value is -1.43. The lowest BCUT2D eigenvalue weighted by molar-refractivity contribution is -0.138. The number of carboxylic acid groups (broad SMARTS) is 1. The third-order valence-electron chi connectivity index (χ3n) is 2.82. The number of hydrogen-bond donors (Lipinski definition) is 2. The molecule has 1 saturated carbocycles. The molecule has 1 amide bonds. The quantitative estimate of drug-likeness (QED) is 0.830. The molecule has 1 aromatic heterocycles. The Morgan fingerprint density at radius 3 is 2.89 bits per heavy atom. The van der Waals surface area contributed by atoms with E-state index < -0.39 is 5.97 Å². The van der Waals surface area contributed by atoms with Crippen molar-refractivity contribution in [2.24, 2.45) is 5.92 Å². The standard InChI is InChI=1S/C12H16N2O3S/c1-7(5-11(16)17)4-10(15)14-12-13-9(6-18-12)8-2-3-8/h6-8H,2-5H2,1H3,(H,16,17)(H,13,14,15). The Morgan fingerprint density at radius 2 is 2.28 bits per heavy atom. The van der Waals surface area contributed by atoms with Gasteiger partial charge in [-0.3, -0.25) is 9.59 Å². The van der Waals surface area contributed by atoms with Gasteiger partial charge < -0.3 is 10.4 Å². The van der Waals surface area contributed by atoms with Gasteiger partial charge in [0.1, 0.15) is 0 Å². The Balaban J connectivity index is 1.80. The highest BCUT2D eigenvalue weighted by Gasteiger charge is 2.26. The van der Waals surface area contributed by atoms with Crippen molar-refractivity contribution in [2.45, 2.75) is 38.5 Å². The normalized spacial score (nSPS) is 16.3. The number of amides is 1. The number of carbonyl (C=O) groups excluding carboxylic acids is 1. The summed E-state index contributed by atoms with van der Waals surface area (Å²) in [4.78, 5) is 26.5. The first-order valence-electron chi connectivity index (χ1n) is 6.01. The molecular formula is C12H16N2O3S. The van der Waals surface area contributed by atoms with Crippen LogP contribution in [-0.2, 0) is 9.59 Å². The largest absolute Gasteiger partial charge is 0.481 e. The average molecular weight is 268 g/mol. The van der Waals surface area contributed by atoms with E-state index in [9.17, 15) is 9.59 Å². The van der Waals surface area contributed by atoms with Gasteiger partial charge in [0.25, 0.3) is 0 Å². The van der Waals surface area contributed by atoms with Crippen LogP contribution in [0.4, 0.5) is 5.13 Å². The van der Waals surface area contributed by atoms with Crippen molar-refractivity contribution in [3.63, 3.8) is 0 Å². The smallest absolute Gasteiger partial charge is 0.303 e. The van der Waals surface area contributed by atoms with E-state index in [4.69, 9.17) is 5.11 Å². The maximum atomic E-state index is 11.7. The third-order valence-corrected chi connectivity index (χ3v) is 3.60. The molecule has 0 radical (unpaired) electrons. The molecule has 0 spiro atoms. The number of anilines is 1. The van der Waals surface area contributed by atoms with E-state index in [2.05, 4.69) is 10.3 Å². The minimum atomic E-state index is -0.874. The molecule has 2 N–H and O–H groups in total. The van der Waals surface area contributed by atoms with Crippen LogP contribution in [0.1, 0.15) is 44.2 Å². The monoisotopic (exact) mass is 268 g/mol. The molecule has 18 heavy (non-hydrogen) atoms. The maximum Gasteiger partial charge on any atom is 0.303 e. The van der Waals surface area contributed by atoms with Crippen LogP contribution in [0.3, 0.4) is 0 Å². The summed E-state index contributed by atoms with van der Waals surface area (Å²) in [5, 5.41) is 13.9. The van der Waals surface area contributed by atoms with Crippen LogP contribution < -0.4 is 5.32 Å². The Morgan fingerprint density at radius 1 is 1.56 bits per heavy atom. The summed E-state index contributed by atoms with van der Waals surface area (Å²) in [6, 6.07) is 0. The molecule has 1 heterocycles. The molecule has 1 aliphatic carbocycles. The summed E-state index contributed by atoms with van der Waals surface area (Å²) in [7, 11) is 0. The molecular weight excluding hydrogens is 252 g/mol. The highest BCUT2D eigenvalue weighted by atomic mass is 32.1. The Kier molecular flexibility index (Phi) is 3.96. The molecule has 2 rings (SSSR count). The Labute approximate surface area is 109 Å². The minimum Gasteiger partial charge on any atom is -0.481 e. The van der Waals surface area contributed by atoms with E-state index in [1.54, 1.807) is 6.92 Å². The average Bonchev–Trinajstić information content (AvgIpc) is 2.99. The highest BCUT2D eigenvalue weighted by Crippen LogP contribution is 2.40. The number of carboxylic acids is 1. The summed E-state index contributed by atoms with van der Waals surface area (Å²) in [6.45, 7) is 1.76. The number of thiazole rings is 1. The zero-order valence-corrected chi connectivity index (χ0v) is 11.0. The topological polar surface area (TPSA) is 79.3 Å². The van der Waals surface area contributed by atoms with E-state index in [0.29, 0.717) is 11.0 Å². The molecule has 6 heteroatoms. The first-order chi connectivity index (χ1) is 8.54. The SMILES string of the molecule is CC(CC(=O)O)CC(=O)Nc1nc(C2CC2)cs1. The van der Waals surface area contributed by atoms with E-state index in [1.807, 2.05) is 5.38 Å². The third kappa shape index (κ3) is 3.80. The lowest BCUT2D eigenvalue weighted by Crippen LogP contribution is -2.16. The maximum absolute atomic E-state index is 11.7. The predicted molar refractivity (Wildman–Crippen MR) is 68.8 cm³/mol. The van der Waals surface area contributed by atoms with Crippen LogP contribution in [0.5, 0.6) is 0 Å². The fourth-order valence-electron chi connectivity index (χ4n) is 1.77. The number of nitrogens with zero attached hydrogens (tertiary/aromatic N) is 1. The van der Waals surface area contributed by atoms with E-state index >= 15 is 0 Å². The molecule has 1 aliphatic rings. The lowest BCUT2D eigenvalue weighted by atomic mass is 10.0. The van der Waals surface area contributed by atoms with Gasteiger partial charge in [-0.25, -0.2) is 4.98 Å². The van der Waals surface area contributed by atoms with Crippen molar-refractivity contribution in [3.8, 4) is 0 Å². The van der Waals surface area contributed by atoms with Crippen LogP contribution in [0.25, 0.3) is 0 Å². The highest BCUT2D eigenvalue weighted by molar-refractivity contribution is 7.13. The van der Waals surface area contributed by atoms with Crippen LogP contribution >= 0.6 is 11.3 Å². The lowest BCUT2D eigenvalue weighted by Gasteiger charge is -2.07. The number of nitrogens with one attached hydrogen (secondary N) is 1. The first kappa shape index (κ1) is 13.0. The summed E-state index contributed by atoms with van der Waals surface area (Å²) in [6.07, 6.45) is 2.60. The summed E-state index contributed by atoms with van der Waals surface area (Å²) in [5.74, 6) is -0.621. The van der Waals surface area contributed by atoms with Gasteiger partial charge in [-0.15, -0.1) is 11.3 Å². The summed E-state index contributed by atoms with van der Waals surface area (Å²) in [5.41, 5.74) is 1.06. The van der Waals surface area contributed by atoms with Gasteiger partial charge >= 0.3 is 5.97 Å². The van der Waals surface area contributed by atoms with Crippen LogP contribution in [0, 0.1) is 5.92 Å². The van der Waals surface area contributed by atoms with Gasteiger partial charge in [0.2, 0.25) is 5.91 Å². The molecule has 1 fully saturated rings. The minimum absolute atomic E-state index is 0.0125. The molecule has 1 aromatic rings. The van der Waals surface area contributed by atoms with Gasteiger partial charge in [0.05, 0.1) is 5.69 Å². The van der Waals surface area contributed by atoms with Crippen molar-refractivity contribution in [1.29, 1.82) is 0 Å². The molecule has 1 atom stereocenters. The molecule has 0 aromatic carbocycles. The summed E-state index contributed by atoms with van der Waals surface area (Å²) < 4.78 is 0. The Bertz CT molecular complexity index is 454. The zero-order chi connectivity index (χ0) is 13.1. The van der Waals surface area contributed by atoms with Crippen LogP contribution in [-0.4, -0.2) is 22.0 Å². The molecule has 98 valence electrons. The molecule has 0 aliphatic heterocycles. The van der Waals surface area contributed by atoms with Gasteiger partial charge in [-0.2, -0.15) is 0 Å². The number of aliphatic carboxylic acids is 1. The zero-order valence-electron chi connectivity index (χ0n) is 10.2. The van der Waals surface area contributed by atoms with Crippen LogP contribution in [0.2, 0.25) is 0 Å². The number of aromatic nitrogens is 1. The molecule has 0 saturated heterocycles. The molecule has 5 nitrogen and oxygen atoms in total. The second-order valence-electron chi connectivity index (χ2n) is 4.81. The first-order valence-corrected chi connectivity index (χ1v) is 6.89. The second-order valence-corrected chi connectivity index (χ2v) is 5.67. The van der Waals surface area contributed by atoms with Gasteiger partial charge in [-0.1, -0.05) is 6.92 Å². The van der Waals surface area contributed by atoms with Crippen molar-refractivity contribution in [1.82, 2.24) is 4.98 Å². The number of hydrogen-bond acceptors (Lipinski definition) is 4. The molecule has 1 unspecified atom stereocenters. The van der Waals surface area contributed by atoms with Crippen molar-refractivity contribution < 1.29 is 14.7 Å². The van der Waals surface area contributed by atoms with Gasteiger partial charge in [-0.05, 0) is 18.8 Å². The fraction of sp³-hybridized carbons (Fsp3) is 0.583. The number of carbonyl (C=O) groups is 2. The van der Waals surface area contributed by atoms with E-state index in [-0.39, 0.29) is 24.7 Å². The van der Waals surface area contributed by atoms with Gasteiger partial charge in [0.15, 0.2) is 5.13 Å². The van der Waals surface area contributed by atoms with Gasteiger partial charge in [0, 0.05) is 24.1 Å². The fourth-order valence-corrected chi connectivity index (χ4v) is 2.58. The van der Waals surface area contributed by atoms with E-state index in [0.717, 1.165) is 5.69 Å². The van der Waals surface area contributed by atoms with Crippen molar-refractivity contribution in [2.75, 3.05) is 5.32 Å². The van der Waals surface area contributed by atoms with Crippen molar-refractivity contribution in [3.05, 3.63) is 11.1 Å². The van der Waals surface area contributed by atoms with E-state index in [1.165, 1.54) is 24.2 Å². The molecule has 0 bridgehead atoms. The summed E-state index contributed by atoms with van der Waals surface area (Å²) >= 11 is 1.43. The van der Waals surface area contributed by atoms with Crippen LogP contribution in [0.15, 0.2) is 5.38 Å². The predicted octanol–water partition coefficient (Wildman–Crippen LogP) is 2.46. The number of rotatable bonds is 6. The second kappa shape index (κ2) is 5.48. The van der Waals surface area contributed by atoms with Crippen molar-refractivity contribution >= 4 is 28.3 Å².